The molecular weight excluding hydrogens is 266 g/mol. The van der Waals surface area contributed by atoms with E-state index in [0.29, 0.717) is 0 Å². The molecule has 0 N–H and O–H groups in total. The van der Waals surface area contributed by atoms with E-state index < -0.39 is 16.7 Å². The van der Waals surface area contributed by atoms with Crippen LogP contribution in [0.25, 0.3) is 0 Å². The van der Waals surface area contributed by atoms with Crippen LogP contribution in [-0.2, 0) is 31.0 Å². The van der Waals surface area contributed by atoms with Gasteiger partial charge in [-0.1, -0.05) is 0 Å². The molecule has 0 aliphatic rings. The molecular formula is HClKNO5SZn. The summed E-state index contributed by atoms with van der Waals surface area (Å²) in [5.41, 5.74) is 0. The van der Waals surface area contributed by atoms with E-state index in [-0.39, 0.29) is 83.3 Å². The molecule has 0 aliphatic carbocycles. The molecule has 0 bridgehead atoms. The summed E-state index contributed by atoms with van der Waals surface area (Å²) in [7, 11) is 0. The van der Waals surface area contributed by atoms with Crippen LogP contribution in [0, 0.1) is 15.3 Å². The van der Waals surface area contributed by atoms with E-state index in [2.05, 4.69) is 0 Å². The largest absolute Gasteiger partial charge is 1.00 e. The SMILES string of the molecule is Cl.O=S=O.O=[N+]([O-])[O-].[K+].[Zn]. The molecule has 0 rings (SSSR count). The molecule has 0 aliphatic heterocycles. The Morgan fingerprint density at radius 3 is 1.20 bits per heavy atom. The monoisotopic (exact) mass is 265 g/mol. The van der Waals surface area contributed by atoms with E-state index >= 15 is 0 Å². The first-order chi connectivity index (χ1) is 3.15. The molecule has 0 heterocycles. The number of halogens is 1. The van der Waals surface area contributed by atoms with Gasteiger partial charge >= 0.3 is 63.0 Å². The van der Waals surface area contributed by atoms with Crippen LogP contribution in [0.5, 0.6) is 0 Å². The maximum absolute atomic E-state index is 8.29. The van der Waals surface area contributed by atoms with E-state index in [1.54, 1.807) is 0 Å². The first-order valence-corrected chi connectivity index (χ1v) is 1.55. The molecule has 10 heavy (non-hydrogen) atoms. The van der Waals surface area contributed by atoms with E-state index in [0.717, 1.165) is 0 Å². The minimum atomic E-state index is -1.75. The summed E-state index contributed by atoms with van der Waals surface area (Å²) in [6.07, 6.45) is 0. The van der Waals surface area contributed by atoms with E-state index in [1.165, 1.54) is 0 Å². The quantitative estimate of drug-likeness (QED) is 0.258. The Hall–Kier alpha value is 1.57. The number of hydrogen-bond acceptors (Lipinski definition) is 5. The average molecular weight is 267 g/mol. The van der Waals surface area contributed by atoms with Crippen molar-refractivity contribution in [3.63, 3.8) is 0 Å². The predicted octanol–water partition coefficient (Wildman–Crippen LogP) is -3.49. The smallest absolute Gasteiger partial charge is 0.356 e. The number of nitrogens with zero attached hydrogens (tertiary/aromatic N) is 1. The molecule has 0 amide bonds. The van der Waals surface area contributed by atoms with Gasteiger partial charge in [0.25, 0.3) is 0 Å². The molecule has 10 heteroatoms. The Balaban J connectivity index is -0.0000000131. The zero-order chi connectivity index (χ0) is 6.28. The molecule has 0 aromatic rings. The fourth-order valence-electron chi connectivity index (χ4n) is 0. The summed E-state index contributed by atoms with van der Waals surface area (Å²) in [6.45, 7) is 0. The van der Waals surface area contributed by atoms with Gasteiger partial charge in [-0.25, -0.2) is 0 Å². The second-order valence-corrected chi connectivity index (χ2v) is 0.428. The zero-order valence-electron chi connectivity index (χ0n) is 5.01. The first-order valence-electron chi connectivity index (χ1n) is 0.881. The van der Waals surface area contributed by atoms with Gasteiger partial charge in [0.1, 0.15) is 0 Å². The Bertz CT molecular complexity index is 89.6. The molecule has 6 nitrogen and oxygen atoms in total. The van der Waals surface area contributed by atoms with E-state index in [1.807, 2.05) is 0 Å². The van der Waals surface area contributed by atoms with Gasteiger partial charge in [-0.3, -0.25) is 0 Å². The molecule has 0 radical (unpaired) electrons. The van der Waals surface area contributed by atoms with Gasteiger partial charge in [-0.2, -0.15) is 8.42 Å². The molecule has 0 atom stereocenters. The maximum Gasteiger partial charge on any atom is 1.00 e. The van der Waals surface area contributed by atoms with Gasteiger partial charge in [0.15, 0.2) is 0 Å². The molecule has 0 spiro atoms. The maximum atomic E-state index is 8.29. The van der Waals surface area contributed by atoms with Crippen molar-refractivity contribution >= 4 is 24.0 Å². The van der Waals surface area contributed by atoms with Gasteiger partial charge in [0.05, 0.1) is 5.09 Å². The standard InChI is InChI=1S/ClH.K.NO3.O2S.Zn/c;;2-1(3)4;1-3-2;/h1H;;;;/q;+1;-1;;. The van der Waals surface area contributed by atoms with Crippen LogP contribution >= 0.6 is 12.4 Å². The molecule has 0 aromatic carbocycles. The molecule has 0 fully saturated rings. The fraction of sp³-hybridized carbons (Fsp3) is 0. The number of rotatable bonds is 0. The Morgan fingerprint density at radius 1 is 1.20 bits per heavy atom. The van der Waals surface area contributed by atoms with Crippen molar-refractivity contribution in [2.24, 2.45) is 0 Å². The van der Waals surface area contributed by atoms with E-state index in [9.17, 15) is 0 Å². The van der Waals surface area contributed by atoms with Crippen molar-refractivity contribution < 1.29 is 84.4 Å². The van der Waals surface area contributed by atoms with Gasteiger partial charge in [0, 0.05) is 19.5 Å². The third kappa shape index (κ3) is 285. The first kappa shape index (κ1) is 29.9. The summed E-state index contributed by atoms with van der Waals surface area (Å²) < 4.78 is 16.6. The minimum absolute atomic E-state index is 0. The van der Waals surface area contributed by atoms with Crippen molar-refractivity contribution in [1.82, 2.24) is 0 Å². The van der Waals surface area contributed by atoms with Crippen LogP contribution in [0.1, 0.15) is 0 Å². The van der Waals surface area contributed by atoms with Crippen LogP contribution in [0.15, 0.2) is 0 Å². The molecule has 0 saturated heterocycles. The average Bonchev–Trinajstić information content (AvgIpc) is 1.33. The molecule has 0 aromatic heterocycles. The van der Waals surface area contributed by atoms with Crippen molar-refractivity contribution in [3.05, 3.63) is 15.3 Å². The Kier molecular flexibility index (Phi) is 93.4. The third-order valence-electron chi connectivity index (χ3n) is 0. The Morgan fingerprint density at radius 2 is 1.20 bits per heavy atom. The fourth-order valence-corrected chi connectivity index (χ4v) is 0. The van der Waals surface area contributed by atoms with E-state index in [4.69, 9.17) is 23.7 Å². The van der Waals surface area contributed by atoms with Gasteiger partial charge in [-0.05, 0) is 0 Å². The summed E-state index contributed by atoms with van der Waals surface area (Å²) >= 11 is -0.750. The second kappa shape index (κ2) is 31.2. The summed E-state index contributed by atoms with van der Waals surface area (Å²) in [5.74, 6) is 0. The van der Waals surface area contributed by atoms with Gasteiger partial charge in [-0.15, -0.1) is 12.4 Å². The van der Waals surface area contributed by atoms with Crippen molar-refractivity contribution in [2.75, 3.05) is 0 Å². The van der Waals surface area contributed by atoms with Crippen LogP contribution < -0.4 is 51.4 Å². The van der Waals surface area contributed by atoms with Gasteiger partial charge in [0.2, 0.25) is 0 Å². The van der Waals surface area contributed by atoms with Crippen LogP contribution in [0.3, 0.4) is 0 Å². The van der Waals surface area contributed by atoms with Crippen molar-refractivity contribution in [3.8, 4) is 0 Å². The van der Waals surface area contributed by atoms with Crippen molar-refractivity contribution in [2.45, 2.75) is 0 Å². The second-order valence-electron chi connectivity index (χ2n) is 0.292. The topological polar surface area (TPSA) is 100 Å². The van der Waals surface area contributed by atoms with Crippen LogP contribution in [0.4, 0.5) is 0 Å². The van der Waals surface area contributed by atoms with Crippen molar-refractivity contribution in [1.29, 1.82) is 0 Å². The van der Waals surface area contributed by atoms with Gasteiger partial charge < -0.3 is 15.3 Å². The molecule has 0 saturated carbocycles. The molecule has 52 valence electrons. The Labute approximate surface area is 121 Å². The minimum Gasteiger partial charge on any atom is -0.356 e. The van der Waals surface area contributed by atoms with Crippen LogP contribution in [0.2, 0.25) is 0 Å². The summed E-state index contributed by atoms with van der Waals surface area (Å²) in [4.78, 5) is 8.25. The summed E-state index contributed by atoms with van der Waals surface area (Å²) in [6, 6.07) is 0. The number of hydrogen-bond donors (Lipinski definition) is 0. The molecule has 0 unspecified atom stereocenters. The predicted molar refractivity (Wildman–Crippen MR) is 26.5 cm³/mol. The van der Waals surface area contributed by atoms with Crippen LogP contribution in [-0.4, -0.2) is 13.5 Å². The zero-order valence-corrected chi connectivity index (χ0v) is 12.7. The third-order valence-corrected chi connectivity index (χ3v) is 0. The normalized spacial score (nSPS) is 3.60. The summed E-state index contributed by atoms with van der Waals surface area (Å²) in [5, 5.41) is 14.8.